The number of thiophene rings is 1. The van der Waals surface area contributed by atoms with Crippen molar-refractivity contribution >= 4 is 11.3 Å². The summed E-state index contributed by atoms with van der Waals surface area (Å²) in [6, 6.07) is 2.17. The van der Waals surface area contributed by atoms with E-state index in [1.807, 2.05) is 0 Å². The van der Waals surface area contributed by atoms with E-state index in [4.69, 9.17) is 4.74 Å². The zero-order valence-corrected chi connectivity index (χ0v) is 7.27. The van der Waals surface area contributed by atoms with E-state index in [0.717, 1.165) is 6.61 Å². The summed E-state index contributed by atoms with van der Waals surface area (Å²) in [5, 5.41) is 4.31. The molecule has 1 aliphatic heterocycles. The van der Waals surface area contributed by atoms with Crippen LogP contribution in [0.5, 0.6) is 0 Å². The smallest absolute Gasteiger partial charge is 0.0832 e. The van der Waals surface area contributed by atoms with Gasteiger partial charge in [-0.3, -0.25) is 0 Å². The van der Waals surface area contributed by atoms with Crippen molar-refractivity contribution in [3.05, 3.63) is 22.4 Å². The van der Waals surface area contributed by atoms with Crippen LogP contribution in [0.3, 0.4) is 0 Å². The van der Waals surface area contributed by atoms with E-state index in [-0.39, 0.29) is 0 Å². The van der Waals surface area contributed by atoms with Gasteiger partial charge in [-0.25, -0.2) is 0 Å². The second-order valence-electron chi connectivity index (χ2n) is 2.91. The maximum absolute atomic E-state index is 5.63. The minimum atomic E-state index is 0.398. The summed E-state index contributed by atoms with van der Waals surface area (Å²) < 4.78 is 5.63. The summed E-state index contributed by atoms with van der Waals surface area (Å²) in [6.45, 7) is 0.945. The first kappa shape index (κ1) is 7.32. The van der Waals surface area contributed by atoms with Crippen molar-refractivity contribution < 1.29 is 4.74 Å². The van der Waals surface area contributed by atoms with E-state index in [2.05, 4.69) is 16.8 Å². The molecule has 0 aliphatic carbocycles. The molecule has 1 saturated heterocycles. The van der Waals surface area contributed by atoms with Crippen molar-refractivity contribution in [2.75, 3.05) is 6.61 Å². The van der Waals surface area contributed by atoms with Crippen LogP contribution in [0.1, 0.15) is 30.9 Å². The third kappa shape index (κ3) is 1.63. The molecule has 1 aromatic rings. The molecule has 0 amide bonds. The van der Waals surface area contributed by atoms with Crippen LogP contribution in [0.25, 0.3) is 0 Å². The lowest BCUT2D eigenvalue weighted by Crippen LogP contribution is -2.10. The first-order valence-electron chi connectivity index (χ1n) is 4.10. The lowest BCUT2D eigenvalue weighted by molar-refractivity contribution is 0.0152. The van der Waals surface area contributed by atoms with Crippen LogP contribution in [-0.4, -0.2) is 6.61 Å². The first-order valence-corrected chi connectivity index (χ1v) is 5.05. The van der Waals surface area contributed by atoms with Crippen LogP contribution in [0.2, 0.25) is 0 Å². The average molecular weight is 168 g/mol. The number of hydrogen-bond donors (Lipinski definition) is 0. The maximum atomic E-state index is 5.63. The molecule has 1 fully saturated rings. The normalized spacial score (nSPS) is 25.3. The van der Waals surface area contributed by atoms with Crippen LogP contribution in [0, 0.1) is 0 Å². The molecule has 0 saturated carbocycles. The molecule has 1 atom stereocenters. The average Bonchev–Trinajstić information content (AvgIpc) is 2.58. The van der Waals surface area contributed by atoms with Gasteiger partial charge in [-0.05, 0) is 41.7 Å². The largest absolute Gasteiger partial charge is 0.374 e. The van der Waals surface area contributed by atoms with E-state index in [9.17, 15) is 0 Å². The minimum Gasteiger partial charge on any atom is -0.374 e. The highest BCUT2D eigenvalue weighted by Gasteiger charge is 2.15. The van der Waals surface area contributed by atoms with Gasteiger partial charge in [0.1, 0.15) is 0 Å². The summed E-state index contributed by atoms with van der Waals surface area (Å²) >= 11 is 1.75. The molecular formula is C9H12OS. The molecular weight excluding hydrogens is 156 g/mol. The fourth-order valence-electron chi connectivity index (χ4n) is 1.46. The minimum absolute atomic E-state index is 0.398. The number of hydrogen-bond acceptors (Lipinski definition) is 2. The van der Waals surface area contributed by atoms with Gasteiger partial charge in [0, 0.05) is 6.61 Å². The Kier molecular flexibility index (Phi) is 2.24. The standard InChI is InChI=1S/C9H12OS/c1-2-5-10-9(3-1)8-4-6-11-7-8/h4,6-7,9H,1-3,5H2. The molecule has 11 heavy (non-hydrogen) atoms. The van der Waals surface area contributed by atoms with Crippen molar-refractivity contribution in [1.29, 1.82) is 0 Å². The number of rotatable bonds is 1. The summed E-state index contributed by atoms with van der Waals surface area (Å²) in [5.74, 6) is 0. The van der Waals surface area contributed by atoms with Gasteiger partial charge in [-0.15, -0.1) is 0 Å². The molecule has 1 unspecified atom stereocenters. The van der Waals surface area contributed by atoms with Crippen LogP contribution < -0.4 is 0 Å². The summed E-state index contributed by atoms with van der Waals surface area (Å²) in [6.07, 6.45) is 4.16. The molecule has 0 N–H and O–H groups in total. The van der Waals surface area contributed by atoms with Gasteiger partial charge in [0.15, 0.2) is 0 Å². The third-order valence-corrected chi connectivity index (χ3v) is 2.80. The fourth-order valence-corrected chi connectivity index (χ4v) is 2.16. The zero-order chi connectivity index (χ0) is 7.52. The van der Waals surface area contributed by atoms with E-state index in [1.165, 1.54) is 24.8 Å². The Morgan fingerprint density at radius 1 is 1.45 bits per heavy atom. The predicted molar refractivity (Wildman–Crippen MR) is 46.9 cm³/mol. The van der Waals surface area contributed by atoms with Gasteiger partial charge in [-0.2, -0.15) is 11.3 Å². The van der Waals surface area contributed by atoms with E-state index in [0.29, 0.717) is 6.10 Å². The lowest BCUT2D eigenvalue weighted by atomic mass is 10.0. The zero-order valence-electron chi connectivity index (χ0n) is 6.45. The third-order valence-electron chi connectivity index (χ3n) is 2.09. The molecule has 1 aromatic heterocycles. The van der Waals surface area contributed by atoms with Gasteiger partial charge in [-0.1, -0.05) is 0 Å². The Hall–Kier alpha value is -0.340. The SMILES string of the molecule is c1cc(C2CCCCO2)cs1. The Morgan fingerprint density at radius 2 is 2.45 bits per heavy atom. The first-order chi connectivity index (χ1) is 5.47. The van der Waals surface area contributed by atoms with Crippen molar-refractivity contribution in [2.24, 2.45) is 0 Å². The lowest BCUT2D eigenvalue weighted by Gasteiger charge is -2.21. The maximum Gasteiger partial charge on any atom is 0.0832 e. The van der Waals surface area contributed by atoms with E-state index < -0.39 is 0 Å². The van der Waals surface area contributed by atoms with Crippen molar-refractivity contribution in [2.45, 2.75) is 25.4 Å². The molecule has 0 bridgehead atoms. The van der Waals surface area contributed by atoms with Gasteiger partial charge >= 0.3 is 0 Å². The van der Waals surface area contributed by atoms with Crippen LogP contribution >= 0.6 is 11.3 Å². The Balaban J connectivity index is 2.04. The van der Waals surface area contributed by atoms with Gasteiger partial charge in [0.05, 0.1) is 6.10 Å². The molecule has 0 aromatic carbocycles. The van der Waals surface area contributed by atoms with Crippen molar-refractivity contribution in [1.82, 2.24) is 0 Å². The molecule has 0 radical (unpaired) electrons. The molecule has 2 heterocycles. The monoisotopic (exact) mass is 168 g/mol. The second kappa shape index (κ2) is 3.37. The summed E-state index contributed by atoms with van der Waals surface area (Å²) in [4.78, 5) is 0. The molecule has 1 nitrogen and oxygen atoms in total. The van der Waals surface area contributed by atoms with Gasteiger partial charge in [0.2, 0.25) is 0 Å². The van der Waals surface area contributed by atoms with Gasteiger partial charge < -0.3 is 4.74 Å². The van der Waals surface area contributed by atoms with E-state index in [1.54, 1.807) is 11.3 Å². The topological polar surface area (TPSA) is 9.23 Å². The highest BCUT2D eigenvalue weighted by molar-refractivity contribution is 7.07. The van der Waals surface area contributed by atoms with Crippen molar-refractivity contribution in [3.63, 3.8) is 0 Å². The Labute approximate surface area is 71.0 Å². The number of ether oxygens (including phenoxy) is 1. The van der Waals surface area contributed by atoms with Crippen molar-refractivity contribution in [3.8, 4) is 0 Å². The molecule has 0 spiro atoms. The molecule has 2 heteroatoms. The molecule has 2 rings (SSSR count). The second-order valence-corrected chi connectivity index (χ2v) is 3.69. The van der Waals surface area contributed by atoms with Gasteiger partial charge in [0.25, 0.3) is 0 Å². The summed E-state index contributed by atoms with van der Waals surface area (Å²) in [7, 11) is 0. The molecule has 1 aliphatic rings. The fraction of sp³-hybridized carbons (Fsp3) is 0.556. The quantitative estimate of drug-likeness (QED) is 0.626. The predicted octanol–water partition coefficient (Wildman–Crippen LogP) is 2.99. The van der Waals surface area contributed by atoms with Crippen LogP contribution in [0.15, 0.2) is 16.8 Å². The Bertz CT molecular complexity index is 199. The van der Waals surface area contributed by atoms with Crippen LogP contribution in [-0.2, 0) is 4.74 Å². The highest BCUT2D eigenvalue weighted by Crippen LogP contribution is 2.28. The Morgan fingerprint density at radius 3 is 3.09 bits per heavy atom. The van der Waals surface area contributed by atoms with Crippen LogP contribution in [0.4, 0.5) is 0 Å². The summed E-state index contributed by atoms with van der Waals surface area (Å²) in [5.41, 5.74) is 1.37. The van der Waals surface area contributed by atoms with E-state index >= 15 is 0 Å². The highest BCUT2D eigenvalue weighted by atomic mass is 32.1. The molecule has 60 valence electrons.